The van der Waals surface area contributed by atoms with Crippen molar-refractivity contribution in [3.63, 3.8) is 0 Å². The molecule has 2 bridgehead atoms. The van der Waals surface area contributed by atoms with Crippen LogP contribution in [0.25, 0.3) is 0 Å². The fraction of sp³-hybridized carbons (Fsp3) is 0.643. The van der Waals surface area contributed by atoms with E-state index >= 15 is 0 Å². The van der Waals surface area contributed by atoms with Crippen LogP contribution in [-0.4, -0.2) is 39.6 Å². The number of carbonyl (C=O) groups excluding carboxylic acids is 2. The lowest BCUT2D eigenvalue weighted by Gasteiger charge is -2.59. The summed E-state index contributed by atoms with van der Waals surface area (Å²) in [7, 11) is -0.324. The van der Waals surface area contributed by atoms with Crippen molar-refractivity contribution in [2.75, 3.05) is 11.9 Å². The maximum Gasteiger partial charge on any atom is 0.408 e. The summed E-state index contributed by atoms with van der Waals surface area (Å²) in [6, 6.07) is 6.08. The van der Waals surface area contributed by atoms with Crippen molar-refractivity contribution in [2.45, 2.75) is 89.8 Å². The van der Waals surface area contributed by atoms with E-state index in [9.17, 15) is 9.59 Å². The molecule has 4 aliphatic rings. The molecule has 2 aliphatic carbocycles. The summed E-state index contributed by atoms with van der Waals surface area (Å²) in [5.41, 5.74) is 0.911. The van der Waals surface area contributed by atoms with Gasteiger partial charge in [-0.1, -0.05) is 59.8 Å². The maximum absolute atomic E-state index is 13.7. The Labute approximate surface area is 210 Å². The van der Waals surface area contributed by atoms with Gasteiger partial charge in [-0.05, 0) is 47.2 Å². The van der Waals surface area contributed by atoms with Gasteiger partial charge in [-0.15, -0.1) is 6.58 Å². The van der Waals surface area contributed by atoms with Gasteiger partial charge in [-0.2, -0.15) is 0 Å². The third kappa shape index (κ3) is 2.80. The Kier molecular flexibility index (Phi) is 4.92. The second-order valence-corrected chi connectivity index (χ2v) is 18.1. The van der Waals surface area contributed by atoms with E-state index in [0.29, 0.717) is 6.42 Å². The normalized spacial score (nSPS) is 37.2. The fourth-order valence-electron chi connectivity index (χ4n) is 7.18. The van der Waals surface area contributed by atoms with Gasteiger partial charge in [0.15, 0.2) is 8.32 Å². The average molecular weight is 497 g/mol. The molecule has 0 aromatic heterocycles. The molecule has 1 saturated heterocycles. The number of nitrogens with zero attached hydrogens (tertiary/aromatic N) is 1. The van der Waals surface area contributed by atoms with Crippen LogP contribution in [0.3, 0.4) is 0 Å². The SMILES string of the molecule is C=C[C@]1(C)[C@@H](O[Si](C)(C)C(C)(C)C)C[C@H]2C3OC(=O)N[C@@]31c1cccc3c1C(C(=O)N3C)C2(C)C. The second-order valence-electron chi connectivity index (χ2n) is 13.3. The first kappa shape index (κ1) is 24.6. The summed E-state index contributed by atoms with van der Waals surface area (Å²) >= 11 is 0. The predicted octanol–water partition coefficient (Wildman–Crippen LogP) is 5.69. The number of hydrogen-bond donors (Lipinski definition) is 1. The van der Waals surface area contributed by atoms with E-state index in [1.807, 2.05) is 25.3 Å². The van der Waals surface area contributed by atoms with E-state index in [4.69, 9.17) is 9.16 Å². The zero-order valence-corrected chi connectivity index (χ0v) is 23.6. The van der Waals surface area contributed by atoms with Gasteiger partial charge in [0.2, 0.25) is 5.91 Å². The first-order chi connectivity index (χ1) is 16.0. The highest BCUT2D eigenvalue weighted by atomic mass is 28.4. The summed E-state index contributed by atoms with van der Waals surface area (Å²) in [6.07, 6.45) is 1.63. The molecule has 1 aromatic carbocycles. The molecule has 1 aromatic rings. The molecule has 2 heterocycles. The van der Waals surface area contributed by atoms with E-state index in [-0.39, 0.29) is 28.9 Å². The molecule has 1 N–H and O–H groups in total. The highest BCUT2D eigenvalue weighted by molar-refractivity contribution is 6.74. The van der Waals surface area contributed by atoms with Gasteiger partial charge >= 0.3 is 6.09 Å². The molecule has 0 spiro atoms. The summed E-state index contributed by atoms with van der Waals surface area (Å²) in [6.45, 7) is 22.1. The van der Waals surface area contributed by atoms with Gasteiger partial charge in [0.1, 0.15) is 11.6 Å². The van der Waals surface area contributed by atoms with Gasteiger partial charge in [-0.25, -0.2) is 4.79 Å². The quantitative estimate of drug-likeness (QED) is 0.431. The summed E-state index contributed by atoms with van der Waals surface area (Å²) in [4.78, 5) is 28.6. The number of nitrogens with one attached hydrogen (secondary N) is 1. The number of benzene rings is 1. The molecule has 1 saturated carbocycles. The first-order valence-electron chi connectivity index (χ1n) is 12.8. The zero-order valence-electron chi connectivity index (χ0n) is 22.6. The summed E-state index contributed by atoms with van der Waals surface area (Å²) in [5.74, 6) is -0.287. The number of hydrogen-bond acceptors (Lipinski definition) is 4. The molecule has 2 amide bonds. The van der Waals surface area contributed by atoms with Crippen LogP contribution in [0.15, 0.2) is 30.9 Å². The highest BCUT2D eigenvalue weighted by Crippen LogP contribution is 2.68. The molecule has 35 heavy (non-hydrogen) atoms. The van der Waals surface area contributed by atoms with Crippen LogP contribution < -0.4 is 10.2 Å². The van der Waals surface area contributed by atoms with E-state index in [1.54, 1.807) is 4.90 Å². The molecule has 2 aliphatic heterocycles. The molecule has 6 atom stereocenters. The van der Waals surface area contributed by atoms with Gasteiger partial charge in [0.05, 0.1) is 12.0 Å². The standard InChI is InChI=1S/C28H40N2O4Si/c1-11-27(7)19(34-35(9,10)25(2,3)4)15-17-22-28(27,29-24(32)33-22)16-13-12-14-18-20(16)21(26(17,5)6)23(31)30(18)8/h11-14,17,19,21-22H,1,15H2,2-10H3,(H,29,32)/t17-,19-,21?,22?,27+,28-/m0/s1. The van der Waals surface area contributed by atoms with Crippen LogP contribution in [0.5, 0.6) is 0 Å². The number of amides is 2. The summed E-state index contributed by atoms with van der Waals surface area (Å²) in [5, 5.41) is 3.33. The van der Waals surface area contributed by atoms with Crippen molar-refractivity contribution in [1.29, 1.82) is 0 Å². The highest BCUT2D eigenvalue weighted by Gasteiger charge is 2.74. The van der Waals surface area contributed by atoms with E-state index < -0.39 is 36.9 Å². The number of rotatable bonds is 3. The minimum absolute atomic E-state index is 0.0252. The molecule has 2 unspecified atom stereocenters. The number of alkyl carbamates (subject to hydrolysis) is 1. The molecule has 2 fully saturated rings. The Morgan fingerprint density at radius 3 is 2.49 bits per heavy atom. The minimum atomic E-state index is -2.18. The average Bonchev–Trinajstić information content (AvgIpc) is 3.22. The maximum atomic E-state index is 13.7. The third-order valence-corrected chi connectivity index (χ3v) is 14.9. The van der Waals surface area contributed by atoms with Crippen molar-refractivity contribution in [2.24, 2.45) is 16.7 Å². The molecular weight excluding hydrogens is 456 g/mol. The third-order valence-electron chi connectivity index (χ3n) is 10.4. The van der Waals surface area contributed by atoms with Crippen LogP contribution in [0, 0.1) is 16.7 Å². The van der Waals surface area contributed by atoms with Crippen LogP contribution in [0.4, 0.5) is 10.5 Å². The van der Waals surface area contributed by atoms with Crippen molar-refractivity contribution in [3.05, 3.63) is 42.0 Å². The van der Waals surface area contributed by atoms with Crippen molar-refractivity contribution < 1.29 is 18.8 Å². The number of anilines is 1. The smallest absolute Gasteiger partial charge is 0.408 e. The lowest BCUT2D eigenvalue weighted by molar-refractivity contribution is -0.136. The first-order valence-corrected chi connectivity index (χ1v) is 15.7. The molecular formula is C28H40N2O4Si. The monoisotopic (exact) mass is 496 g/mol. The molecule has 5 rings (SSSR count). The second kappa shape index (κ2) is 7.00. The van der Waals surface area contributed by atoms with Crippen LogP contribution >= 0.6 is 0 Å². The number of likely N-dealkylation sites (N-methyl/N-ethyl adjacent to an activating group) is 1. The fourth-order valence-corrected chi connectivity index (χ4v) is 8.58. The minimum Gasteiger partial charge on any atom is -0.443 e. The Morgan fingerprint density at radius 1 is 1.23 bits per heavy atom. The number of carbonyl (C=O) groups is 2. The largest absolute Gasteiger partial charge is 0.443 e. The molecule has 0 radical (unpaired) electrons. The Balaban J connectivity index is 1.83. The Bertz CT molecular complexity index is 1140. The predicted molar refractivity (Wildman–Crippen MR) is 140 cm³/mol. The van der Waals surface area contributed by atoms with Crippen molar-refractivity contribution in [3.8, 4) is 0 Å². The summed E-state index contributed by atoms with van der Waals surface area (Å²) < 4.78 is 13.3. The van der Waals surface area contributed by atoms with Crippen LogP contribution in [-0.2, 0) is 19.5 Å². The topological polar surface area (TPSA) is 67.9 Å². The van der Waals surface area contributed by atoms with Crippen LogP contribution in [0.1, 0.15) is 65.0 Å². The zero-order chi connectivity index (χ0) is 25.9. The van der Waals surface area contributed by atoms with Gasteiger partial charge in [0.25, 0.3) is 0 Å². The van der Waals surface area contributed by atoms with Crippen LogP contribution in [0.2, 0.25) is 18.1 Å². The Hall–Kier alpha value is -2.12. The van der Waals surface area contributed by atoms with Gasteiger partial charge in [-0.3, -0.25) is 4.79 Å². The molecule has 7 heteroatoms. The van der Waals surface area contributed by atoms with Crippen molar-refractivity contribution in [1.82, 2.24) is 5.32 Å². The molecule has 190 valence electrons. The Morgan fingerprint density at radius 2 is 1.89 bits per heavy atom. The van der Waals surface area contributed by atoms with E-state index in [0.717, 1.165) is 16.8 Å². The van der Waals surface area contributed by atoms with Gasteiger partial charge < -0.3 is 19.4 Å². The van der Waals surface area contributed by atoms with Gasteiger partial charge in [0, 0.05) is 24.1 Å². The van der Waals surface area contributed by atoms with E-state index in [1.165, 1.54) is 0 Å². The lowest BCUT2D eigenvalue weighted by atomic mass is 9.52. The van der Waals surface area contributed by atoms with Crippen molar-refractivity contribution >= 4 is 26.0 Å². The van der Waals surface area contributed by atoms with E-state index in [2.05, 4.69) is 72.6 Å². The molecule has 6 nitrogen and oxygen atoms in total. The lowest BCUT2D eigenvalue weighted by Crippen LogP contribution is -2.68. The number of ether oxygens (including phenoxy) is 1.